The van der Waals surface area contributed by atoms with Gasteiger partial charge in [0.25, 0.3) is 5.56 Å². The minimum Gasteiger partial charge on any atom is -0.432 e. The van der Waals surface area contributed by atoms with Gasteiger partial charge in [0.1, 0.15) is 18.4 Å². The monoisotopic (exact) mass is 731 g/mol. The minimum atomic E-state index is -5.12. The van der Waals surface area contributed by atoms with Crippen molar-refractivity contribution in [2.24, 2.45) is 11.7 Å². The van der Waals surface area contributed by atoms with Crippen molar-refractivity contribution in [1.29, 1.82) is 0 Å². The van der Waals surface area contributed by atoms with E-state index in [0.717, 1.165) is 37.6 Å². The number of hydrogen-bond acceptors (Lipinski definition) is 17. The zero-order chi connectivity index (χ0) is 37.5. The first-order valence-corrected chi connectivity index (χ1v) is 16.7. The molecule has 2 rings (SSSR count). The number of hydrogen-bond donors (Lipinski definition) is 4. The van der Waals surface area contributed by atoms with Gasteiger partial charge >= 0.3 is 25.8 Å². The average molecular weight is 732 g/mol. The second-order valence-corrected chi connectivity index (χ2v) is 13.8. The number of nitrogens with one attached hydrogen (secondary N) is 1. The third-order valence-electron chi connectivity index (χ3n) is 6.77. The number of nitrogens with zero attached hydrogens (tertiary/aromatic N) is 1. The fraction of sp³-hybridized carbons (Fsp3) is 0.786. The number of H-pyrrole nitrogens is 1. The van der Waals surface area contributed by atoms with Crippen LogP contribution in [0, 0.1) is 5.92 Å². The molecule has 8 atom stereocenters. The number of aliphatic hydroxyl groups excluding tert-OH is 1. The molecule has 4 unspecified atom stereocenters. The van der Waals surface area contributed by atoms with Crippen LogP contribution in [-0.2, 0) is 46.6 Å². The summed E-state index contributed by atoms with van der Waals surface area (Å²) in [6, 6.07) is -0.145. The molecule has 0 aromatic carbocycles. The fourth-order valence-corrected chi connectivity index (χ4v) is 5.84. The van der Waals surface area contributed by atoms with Crippen LogP contribution < -0.4 is 17.0 Å². The predicted octanol–water partition coefficient (Wildman–Crippen LogP) is 2.18. The van der Waals surface area contributed by atoms with Crippen molar-refractivity contribution >= 4 is 20.1 Å². The molecule has 5 N–H and O–H groups in total. The van der Waals surface area contributed by atoms with Crippen molar-refractivity contribution in [3.05, 3.63) is 33.1 Å². The van der Waals surface area contributed by atoms with Crippen molar-refractivity contribution in [1.82, 2.24) is 9.55 Å². The first-order valence-electron chi connectivity index (χ1n) is 15.3. The number of halogens is 1. The van der Waals surface area contributed by atoms with E-state index < -0.39 is 105 Å². The molecular weight excluding hydrogens is 684 g/mol. The first kappa shape index (κ1) is 42.2. The van der Waals surface area contributed by atoms with Gasteiger partial charge in [-0.1, -0.05) is 13.8 Å². The molecule has 0 saturated carbocycles. The molecule has 282 valence electrons. The molecule has 0 radical (unpaired) electrons. The van der Waals surface area contributed by atoms with Crippen LogP contribution in [0.15, 0.2) is 21.9 Å². The maximum atomic E-state index is 15.3. The lowest BCUT2D eigenvalue weighted by atomic mass is 9.88. The van der Waals surface area contributed by atoms with Crippen molar-refractivity contribution in [3.8, 4) is 0 Å². The number of carbonyl (C=O) groups excluding carboxylic acids is 2. The number of aliphatic hydroxyl groups is 2. The lowest BCUT2D eigenvalue weighted by molar-refractivity contribution is -0.224. The van der Waals surface area contributed by atoms with Crippen LogP contribution in [0.1, 0.15) is 68.5 Å². The number of ether oxygens (including phenoxy) is 6. The van der Waals surface area contributed by atoms with Gasteiger partial charge < -0.3 is 44.4 Å². The Bertz CT molecular complexity index is 1380. The standard InChI is InChI=1S/C28H47FN3O16P/c1-14(2)20(30)21(34)45-22-27(9,38)23(32-11-10-19(33)31-24(32)35)46-28(22,12-29)13-40-49(39,47-17(7)43-25(36)41-15(3)4)48-18(8)44-26(37)42-16(5)6/h10-11,14-18,20-23,34,38H,12-13,30H2,1-9H3,(H,31,33,35)/t17?,18?,20?,21?,22-,23+,27+,28+,49?/m0/s1. The third kappa shape index (κ3) is 11.5. The molecule has 0 aliphatic carbocycles. The highest BCUT2D eigenvalue weighted by molar-refractivity contribution is 7.48. The van der Waals surface area contributed by atoms with Crippen LogP contribution >= 0.6 is 7.82 Å². The second kappa shape index (κ2) is 17.3. The molecule has 1 saturated heterocycles. The minimum absolute atomic E-state index is 0.384. The van der Waals surface area contributed by atoms with E-state index in [4.69, 9.17) is 47.7 Å². The molecule has 1 aromatic rings. The maximum absolute atomic E-state index is 15.3. The van der Waals surface area contributed by atoms with Crippen molar-refractivity contribution in [3.63, 3.8) is 0 Å². The molecule has 0 spiro atoms. The van der Waals surface area contributed by atoms with Crippen LogP contribution in [0.5, 0.6) is 0 Å². The topological polar surface area (TPSA) is 256 Å². The Morgan fingerprint density at radius 2 is 1.53 bits per heavy atom. The van der Waals surface area contributed by atoms with E-state index in [1.807, 2.05) is 4.98 Å². The summed E-state index contributed by atoms with van der Waals surface area (Å²) in [5, 5.41) is 22.5. The molecule has 1 aromatic heterocycles. The SMILES string of the molecule is CC(C)OC(=O)OC(C)OP(=O)(OC[C@@]1(CF)O[C@@H](n2ccc(=O)[nH]c2=O)[C@](C)(O)[C@@H]1OC(O)C(N)C(C)C)OC(C)OC(=O)OC(C)C. The molecule has 19 nitrogen and oxygen atoms in total. The Morgan fingerprint density at radius 3 is 1.96 bits per heavy atom. The predicted molar refractivity (Wildman–Crippen MR) is 165 cm³/mol. The molecule has 0 amide bonds. The van der Waals surface area contributed by atoms with Gasteiger partial charge in [0, 0.05) is 12.3 Å². The number of aromatic nitrogens is 2. The van der Waals surface area contributed by atoms with Gasteiger partial charge in [-0.25, -0.2) is 32.4 Å². The largest absolute Gasteiger partial charge is 0.510 e. The van der Waals surface area contributed by atoms with E-state index in [1.54, 1.807) is 13.8 Å². The Morgan fingerprint density at radius 1 is 1.02 bits per heavy atom. The van der Waals surface area contributed by atoms with Gasteiger partial charge in [0.15, 0.2) is 18.1 Å². The van der Waals surface area contributed by atoms with E-state index >= 15 is 4.39 Å². The molecule has 2 heterocycles. The maximum Gasteiger partial charge on any atom is 0.510 e. The number of rotatable bonds is 17. The van der Waals surface area contributed by atoms with Crippen molar-refractivity contribution < 1.29 is 70.8 Å². The summed E-state index contributed by atoms with van der Waals surface area (Å²) >= 11 is 0. The average Bonchev–Trinajstić information content (AvgIpc) is 3.16. The number of phosphoric acid groups is 1. The zero-order valence-electron chi connectivity index (χ0n) is 28.7. The Hall–Kier alpha value is -2.94. The van der Waals surface area contributed by atoms with Gasteiger partial charge in [0.2, 0.25) is 12.6 Å². The van der Waals surface area contributed by atoms with Crippen LogP contribution in [-0.4, -0.2) is 99.8 Å². The van der Waals surface area contributed by atoms with Gasteiger partial charge in [-0.05, 0) is 54.4 Å². The van der Waals surface area contributed by atoms with Crippen LogP contribution in [0.4, 0.5) is 14.0 Å². The lowest BCUT2D eigenvalue weighted by Gasteiger charge is -2.38. The smallest absolute Gasteiger partial charge is 0.432 e. The summed E-state index contributed by atoms with van der Waals surface area (Å²) in [5.41, 5.74) is -0.743. The summed E-state index contributed by atoms with van der Waals surface area (Å²) in [6.45, 7) is 9.97. The summed E-state index contributed by atoms with van der Waals surface area (Å²) < 4.78 is 77.1. The van der Waals surface area contributed by atoms with Gasteiger partial charge in [-0.2, -0.15) is 0 Å². The molecular formula is C28H47FN3O16P. The Balaban J connectivity index is 2.55. The van der Waals surface area contributed by atoms with Crippen LogP contribution in [0.25, 0.3) is 0 Å². The van der Waals surface area contributed by atoms with Crippen LogP contribution in [0.3, 0.4) is 0 Å². The normalized spacial score (nSPS) is 26.2. The molecule has 1 fully saturated rings. The van der Waals surface area contributed by atoms with Gasteiger partial charge in [-0.3, -0.25) is 18.9 Å². The Kier molecular flexibility index (Phi) is 14.9. The quantitative estimate of drug-likeness (QED) is 0.102. The van der Waals surface area contributed by atoms with Crippen molar-refractivity contribution in [2.75, 3.05) is 13.3 Å². The fourth-order valence-electron chi connectivity index (χ4n) is 4.48. The number of aromatic amines is 1. The van der Waals surface area contributed by atoms with E-state index in [1.165, 1.54) is 27.7 Å². The lowest BCUT2D eigenvalue weighted by Crippen LogP contribution is -2.58. The molecule has 1 aliphatic rings. The molecule has 1 aliphatic heterocycles. The molecule has 0 bridgehead atoms. The first-order chi connectivity index (χ1) is 22.6. The highest BCUT2D eigenvalue weighted by Crippen LogP contribution is 2.55. The summed E-state index contributed by atoms with van der Waals surface area (Å²) in [4.78, 5) is 50.5. The number of phosphoric ester groups is 1. The van der Waals surface area contributed by atoms with E-state index in [2.05, 4.69) is 0 Å². The highest BCUT2D eigenvalue weighted by Gasteiger charge is 2.65. The summed E-state index contributed by atoms with van der Waals surface area (Å²) in [6.07, 6.45) is -11.7. The number of alkyl halides is 1. The second-order valence-electron chi connectivity index (χ2n) is 12.3. The molecule has 49 heavy (non-hydrogen) atoms. The Labute approximate surface area is 281 Å². The van der Waals surface area contributed by atoms with E-state index in [9.17, 15) is 34.0 Å². The number of carbonyl (C=O) groups is 2. The van der Waals surface area contributed by atoms with Crippen LogP contribution in [0.2, 0.25) is 0 Å². The summed E-state index contributed by atoms with van der Waals surface area (Å²) in [5.74, 6) is -0.384. The summed E-state index contributed by atoms with van der Waals surface area (Å²) in [7, 11) is -5.12. The highest BCUT2D eigenvalue weighted by atomic mass is 31.2. The van der Waals surface area contributed by atoms with E-state index in [-0.39, 0.29) is 5.92 Å². The van der Waals surface area contributed by atoms with Gasteiger partial charge in [0.05, 0.1) is 24.9 Å². The van der Waals surface area contributed by atoms with E-state index in [0.29, 0.717) is 0 Å². The zero-order valence-corrected chi connectivity index (χ0v) is 29.6. The van der Waals surface area contributed by atoms with Crippen molar-refractivity contribution in [2.45, 2.75) is 123 Å². The molecule has 21 heteroatoms. The van der Waals surface area contributed by atoms with Gasteiger partial charge in [-0.15, -0.1) is 0 Å². The number of nitrogens with two attached hydrogens (primary N) is 1. The third-order valence-corrected chi connectivity index (χ3v) is 8.33.